The van der Waals surface area contributed by atoms with Crippen molar-refractivity contribution in [1.29, 1.82) is 0 Å². The fraction of sp³-hybridized carbons (Fsp3) is 0.400. The molecule has 132 valence electrons. The van der Waals surface area contributed by atoms with Gasteiger partial charge >= 0.3 is 12.5 Å². The maximum Gasteiger partial charge on any atom is 0.573 e. The van der Waals surface area contributed by atoms with Gasteiger partial charge in [0.1, 0.15) is 5.69 Å². The van der Waals surface area contributed by atoms with Crippen LogP contribution in [0.5, 0.6) is 5.75 Å². The van der Waals surface area contributed by atoms with Crippen molar-refractivity contribution in [2.75, 3.05) is 0 Å². The molecule has 1 aromatic carbocycles. The molecular weight excluding hydrogens is 338 g/mol. The van der Waals surface area contributed by atoms with Gasteiger partial charge in [-0.25, -0.2) is 4.68 Å². The van der Waals surface area contributed by atoms with E-state index in [2.05, 4.69) is 9.84 Å². The van der Waals surface area contributed by atoms with Gasteiger partial charge in [-0.1, -0.05) is 32.9 Å². The molecule has 0 amide bonds. The van der Waals surface area contributed by atoms with Gasteiger partial charge < -0.3 is 4.74 Å². The highest BCUT2D eigenvalue weighted by molar-refractivity contribution is 5.48. The Hall–Kier alpha value is -2.19. The van der Waals surface area contributed by atoms with Crippen LogP contribution in [0.3, 0.4) is 0 Å². The quantitative estimate of drug-likeness (QED) is 0.704. The molecule has 0 saturated carbocycles. The number of hydrogen-bond acceptors (Lipinski definition) is 2. The van der Waals surface area contributed by atoms with Crippen molar-refractivity contribution in [1.82, 2.24) is 9.78 Å². The third-order valence-corrected chi connectivity index (χ3v) is 3.09. The summed E-state index contributed by atoms with van der Waals surface area (Å²) in [5, 5.41) is 3.45. The molecule has 3 nitrogen and oxygen atoms in total. The number of rotatable bonds is 2. The van der Waals surface area contributed by atoms with Crippen LogP contribution in [0, 0.1) is 0 Å². The number of nitrogens with zero attached hydrogens (tertiary/aromatic N) is 2. The van der Waals surface area contributed by atoms with Gasteiger partial charge in [0, 0.05) is 5.41 Å². The van der Waals surface area contributed by atoms with Crippen LogP contribution >= 0.6 is 0 Å². The van der Waals surface area contributed by atoms with Gasteiger partial charge in [0.25, 0.3) is 0 Å². The zero-order valence-electron chi connectivity index (χ0n) is 13.0. The second-order valence-corrected chi connectivity index (χ2v) is 6.09. The van der Waals surface area contributed by atoms with Crippen LogP contribution in [0.25, 0.3) is 5.69 Å². The molecule has 0 aliphatic rings. The SMILES string of the molecule is CC(C)(C)c1cc(C(F)(F)F)nn1-c1ccccc1OC(F)(F)F. The van der Waals surface area contributed by atoms with Gasteiger partial charge in [-0.05, 0) is 18.2 Å². The van der Waals surface area contributed by atoms with Gasteiger partial charge in [-0.15, -0.1) is 13.2 Å². The predicted octanol–water partition coefficient (Wildman–Crippen LogP) is 5.09. The van der Waals surface area contributed by atoms with Crippen LogP contribution in [-0.2, 0) is 11.6 Å². The lowest BCUT2D eigenvalue weighted by atomic mass is 9.91. The summed E-state index contributed by atoms with van der Waals surface area (Å²) >= 11 is 0. The molecule has 0 aliphatic heterocycles. The second kappa shape index (κ2) is 5.71. The zero-order valence-corrected chi connectivity index (χ0v) is 13.0. The van der Waals surface area contributed by atoms with Crippen molar-refractivity contribution in [2.24, 2.45) is 0 Å². The lowest BCUT2D eigenvalue weighted by Gasteiger charge is -2.21. The Morgan fingerprint density at radius 1 is 0.958 bits per heavy atom. The Morgan fingerprint density at radius 2 is 1.54 bits per heavy atom. The first kappa shape index (κ1) is 18.2. The van der Waals surface area contributed by atoms with Gasteiger partial charge in [0.2, 0.25) is 0 Å². The average Bonchev–Trinajstić information content (AvgIpc) is 2.82. The number of ether oxygens (including phenoxy) is 1. The summed E-state index contributed by atoms with van der Waals surface area (Å²) in [7, 11) is 0. The molecule has 1 aromatic heterocycles. The third-order valence-electron chi connectivity index (χ3n) is 3.09. The van der Waals surface area contributed by atoms with E-state index in [4.69, 9.17) is 0 Å². The van der Waals surface area contributed by atoms with E-state index < -0.39 is 29.4 Å². The van der Waals surface area contributed by atoms with E-state index in [0.29, 0.717) is 0 Å². The summed E-state index contributed by atoms with van der Waals surface area (Å²) in [5.41, 5.74) is -2.10. The van der Waals surface area contributed by atoms with Crippen molar-refractivity contribution in [2.45, 2.75) is 38.7 Å². The summed E-state index contributed by atoms with van der Waals surface area (Å²) in [6, 6.07) is 5.73. The molecule has 0 fully saturated rings. The van der Waals surface area contributed by atoms with E-state index in [1.807, 2.05) is 0 Å². The molecule has 0 N–H and O–H groups in total. The lowest BCUT2D eigenvalue weighted by molar-refractivity contribution is -0.274. The summed E-state index contributed by atoms with van der Waals surface area (Å²) in [6.07, 6.45) is -9.69. The minimum Gasteiger partial charge on any atom is -0.403 e. The van der Waals surface area contributed by atoms with E-state index in [9.17, 15) is 26.3 Å². The number of para-hydroxylation sites is 2. The monoisotopic (exact) mass is 352 g/mol. The standard InChI is InChI=1S/C15H14F6N2O/c1-13(2,3)12-8-11(14(16,17)18)22-23(12)9-6-4-5-7-10(9)24-15(19,20)21/h4-8H,1-3H3. The van der Waals surface area contributed by atoms with E-state index in [-0.39, 0.29) is 11.4 Å². The van der Waals surface area contributed by atoms with Crippen molar-refractivity contribution in [3.05, 3.63) is 41.7 Å². The molecule has 0 aliphatic carbocycles. The summed E-state index contributed by atoms with van der Waals surface area (Å²) < 4.78 is 81.3. The molecule has 0 atom stereocenters. The van der Waals surface area contributed by atoms with Gasteiger partial charge in [0.15, 0.2) is 11.4 Å². The van der Waals surface area contributed by atoms with Crippen molar-refractivity contribution < 1.29 is 31.1 Å². The Labute approximate surface area is 133 Å². The minimum absolute atomic E-state index is 0.105. The smallest absolute Gasteiger partial charge is 0.403 e. The molecule has 0 saturated heterocycles. The normalized spacial score (nSPS) is 13.2. The fourth-order valence-corrected chi connectivity index (χ4v) is 2.08. The maximum atomic E-state index is 13.0. The summed E-state index contributed by atoms with van der Waals surface area (Å²) in [4.78, 5) is 0. The van der Waals surface area contributed by atoms with Gasteiger partial charge in [0.05, 0.1) is 5.69 Å². The van der Waals surface area contributed by atoms with E-state index in [1.165, 1.54) is 18.2 Å². The van der Waals surface area contributed by atoms with Gasteiger partial charge in [-0.2, -0.15) is 18.3 Å². The Kier molecular flexibility index (Phi) is 4.32. The molecule has 0 unspecified atom stereocenters. The molecule has 0 bridgehead atoms. The fourth-order valence-electron chi connectivity index (χ4n) is 2.08. The first-order valence-corrected chi connectivity index (χ1v) is 6.82. The number of benzene rings is 1. The van der Waals surface area contributed by atoms with Crippen molar-refractivity contribution in [3.8, 4) is 11.4 Å². The molecule has 2 aromatic rings. The lowest BCUT2D eigenvalue weighted by Crippen LogP contribution is -2.21. The highest BCUT2D eigenvalue weighted by atomic mass is 19.4. The predicted molar refractivity (Wildman–Crippen MR) is 73.9 cm³/mol. The summed E-state index contributed by atoms with van der Waals surface area (Å²) in [6.45, 7) is 4.90. The maximum absolute atomic E-state index is 13.0. The first-order valence-electron chi connectivity index (χ1n) is 6.82. The third kappa shape index (κ3) is 4.01. The van der Waals surface area contributed by atoms with Crippen LogP contribution in [0.15, 0.2) is 30.3 Å². The topological polar surface area (TPSA) is 27.1 Å². The van der Waals surface area contributed by atoms with E-state index in [1.54, 1.807) is 20.8 Å². The van der Waals surface area contributed by atoms with E-state index >= 15 is 0 Å². The first-order chi connectivity index (χ1) is 10.8. The Bertz CT molecular complexity index is 725. The molecule has 0 radical (unpaired) electrons. The van der Waals surface area contributed by atoms with Crippen molar-refractivity contribution in [3.63, 3.8) is 0 Å². The molecular formula is C15H14F6N2O. The van der Waals surface area contributed by atoms with Crippen molar-refractivity contribution >= 4 is 0 Å². The minimum atomic E-state index is -4.97. The van der Waals surface area contributed by atoms with Crippen LogP contribution in [-0.4, -0.2) is 16.1 Å². The molecule has 2 rings (SSSR count). The molecule has 0 spiro atoms. The van der Waals surface area contributed by atoms with E-state index in [0.717, 1.165) is 16.8 Å². The number of aromatic nitrogens is 2. The van der Waals surface area contributed by atoms with Crippen LogP contribution < -0.4 is 4.74 Å². The molecule has 9 heteroatoms. The van der Waals surface area contributed by atoms with Gasteiger partial charge in [-0.3, -0.25) is 0 Å². The van der Waals surface area contributed by atoms with Crippen LogP contribution in [0.1, 0.15) is 32.2 Å². The Balaban J connectivity index is 2.67. The molecule has 1 heterocycles. The second-order valence-electron chi connectivity index (χ2n) is 6.09. The highest BCUT2D eigenvalue weighted by Gasteiger charge is 2.38. The highest BCUT2D eigenvalue weighted by Crippen LogP contribution is 2.36. The average molecular weight is 352 g/mol. The number of alkyl halides is 6. The zero-order chi connectivity index (χ0) is 18.3. The number of hydrogen-bond donors (Lipinski definition) is 0. The van der Waals surface area contributed by atoms with Crippen LogP contribution in [0.4, 0.5) is 26.3 Å². The molecule has 24 heavy (non-hydrogen) atoms. The van der Waals surface area contributed by atoms with Crippen LogP contribution in [0.2, 0.25) is 0 Å². The number of halogens is 6. The summed E-state index contributed by atoms with van der Waals surface area (Å²) in [5.74, 6) is -0.632. The largest absolute Gasteiger partial charge is 0.573 e. The Morgan fingerprint density at radius 3 is 2.04 bits per heavy atom.